The zero-order valence-corrected chi connectivity index (χ0v) is 16.9. The molecule has 0 spiro atoms. The fraction of sp³-hybridized carbons (Fsp3) is 0.450. The number of aromatic nitrogens is 2. The third-order valence-corrected chi connectivity index (χ3v) is 5.03. The number of H-pyrrole nitrogens is 1. The van der Waals surface area contributed by atoms with Crippen LogP contribution >= 0.6 is 0 Å². The van der Waals surface area contributed by atoms with Crippen molar-refractivity contribution in [3.8, 4) is 11.3 Å². The molecule has 1 aromatic carbocycles. The summed E-state index contributed by atoms with van der Waals surface area (Å²) in [6.07, 6.45) is 2.47. The van der Waals surface area contributed by atoms with Crippen LogP contribution in [0.4, 0.5) is 16.2 Å². The second-order valence-corrected chi connectivity index (χ2v) is 7.08. The first kappa shape index (κ1) is 20.7. The van der Waals surface area contributed by atoms with Gasteiger partial charge in [-0.2, -0.15) is 0 Å². The van der Waals surface area contributed by atoms with Gasteiger partial charge in [-0.3, -0.25) is 5.32 Å². The Morgan fingerprint density at radius 3 is 2.69 bits per heavy atom. The molecule has 2 aromatic rings. The monoisotopic (exact) mass is 401 g/mol. The van der Waals surface area contributed by atoms with Crippen LogP contribution in [-0.4, -0.2) is 42.3 Å². The SMILES string of the molecule is COC(=O)Nc1ccc2c(c1)N[C@@H](C(=O)OC)CCCCC(N)c1nc-2c(C)[nH]1. The van der Waals surface area contributed by atoms with Crippen molar-refractivity contribution in [2.45, 2.75) is 44.7 Å². The number of nitrogens with zero attached hydrogens (tertiary/aromatic N) is 1. The Kier molecular flexibility index (Phi) is 6.38. The van der Waals surface area contributed by atoms with E-state index < -0.39 is 12.1 Å². The smallest absolute Gasteiger partial charge is 0.411 e. The van der Waals surface area contributed by atoms with Gasteiger partial charge in [-0.1, -0.05) is 12.8 Å². The van der Waals surface area contributed by atoms with E-state index in [2.05, 4.69) is 20.4 Å². The highest BCUT2D eigenvalue weighted by molar-refractivity contribution is 5.89. The van der Waals surface area contributed by atoms with Crippen LogP contribution in [0.25, 0.3) is 11.3 Å². The maximum Gasteiger partial charge on any atom is 0.411 e. The Morgan fingerprint density at radius 1 is 1.21 bits per heavy atom. The Balaban J connectivity index is 2.09. The van der Waals surface area contributed by atoms with E-state index in [1.807, 2.05) is 13.0 Å². The molecule has 0 aliphatic carbocycles. The summed E-state index contributed by atoms with van der Waals surface area (Å²) in [6.45, 7) is 1.93. The van der Waals surface area contributed by atoms with Gasteiger partial charge >= 0.3 is 12.1 Å². The van der Waals surface area contributed by atoms with Gasteiger partial charge in [0.2, 0.25) is 0 Å². The molecule has 1 aliphatic heterocycles. The third kappa shape index (κ3) is 4.68. The Morgan fingerprint density at radius 2 is 1.97 bits per heavy atom. The number of aromatic amines is 1. The molecule has 29 heavy (non-hydrogen) atoms. The second-order valence-electron chi connectivity index (χ2n) is 7.08. The zero-order chi connectivity index (χ0) is 21.0. The van der Waals surface area contributed by atoms with E-state index in [9.17, 15) is 9.59 Å². The average molecular weight is 401 g/mol. The Bertz CT molecular complexity index is 895. The lowest BCUT2D eigenvalue weighted by atomic mass is 10.0. The maximum absolute atomic E-state index is 12.3. The topological polar surface area (TPSA) is 131 Å². The fourth-order valence-electron chi connectivity index (χ4n) is 3.47. The van der Waals surface area contributed by atoms with E-state index in [0.717, 1.165) is 42.0 Å². The summed E-state index contributed by atoms with van der Waals surface area (Å²) in [6, 6.07) is 4.62. The molecule has 2 heterocycles. The first-order chi connectivity index (χ1) is 13.9. The number of imidazole rings is 1. The minimum Gasteiger partial charge on any atom is -0.467 e. The first-order valence-corrected chi connectivity index (χ1v) is 9.58. The highest BCUT2D eigenvalue weighted by atomic mass is 16.5. The number of anilines is 2. The van der Waals surface area contributed by atoms with Crippen molar-refractivity contribution >= 4 is 23.4 Å². The Hall–Kier alpha value is -3.07. The number of carbonyl (C=O) groups excluding carboxylic acids is 2. The van der Waals surface area contributed by atoms with Gasteiger partial charge < -0.3 is 25.5 Å². The maximum atomic E-state index is 12.3. The lowest BCUT2D eigenvalue weighted by Crippen LogP contribution is -2.31. The van der Waals surface area contributed by atoms with Crippen molar-refractivity contribution in [3.63, 3.8) is 0 Å². The van der Waals surface area contributed by atoms with Gasteiger partial charge in [-0.15, -0.1) is 0 Å². The van der Waals surface area contributed by atoms with Gasteiger partial charge in [-0.25, -0.2) is 14.6 Å². The van der Waals surface area contributed by atoms with Crippen LogP contribution in [0.5, 0.6) is 0 Å². The number of nitrogens with two attached hydrogens (primary N) is 1. The second kappa shape index (κ2) is 8.95. The molecule has 1 amide bonds. The first-order valence-electron chi connectivity index (χ1n) is 9.58. The van der Waals surface area contributed by atoms with Gasteiger partial charge in [0.05, 0.1) is 26.0 Å². The molecule has 2 atom stereocenters. The highest BCUT2D eigenvalue weighted by Crippen LogP contribution is 2.34. The van der Waals surface area contributed by atoms with E-state index in [1.165, 1.54) is 14.2 Å². The van der Waals surface area contributed by atoms with Gasteiger partial charge in [0.15, 0.2) is 0 Å². The Labute approximate surface area is 169 Å². The fourth-order valence-corrected chi connectivity index (χ4v) is 3.47. The molecule has 0 fully saturated rings. The third-order valence-electron chi connectivity index (χ3n) is 5.03. The van der Waals surface area contributed by atoms with Crippen molar-refractivity contribution in [1.82, 2.24) is 9.97 Å². The number of rotatable bonds is 2. The summed E-state index contributed by atoms with van der Waals surface area (Å²) in [5.41, 5.74) is 9.91. The molecule has 9 heteroatoms. The number of nitrogens with one attached hydrogen (secondary N) is 3. The summed E-state index contributed by atoms with van der Waals surface area (Å²) in [4.78, 5) is 31.9. The predicted octanol–water partition coefficient (Wildman–Crippen LogP) is 3.09. The van der Waals surface area contributed by atoms with Gasteiger partial charge in [0.1, 0.15) is 11.9 Å². The number of aryl methyl sites for hydroxylation is 1. The minimum atomic E-state index is -0.577. The lowest BCUT2D eigenvalue weighted by Gasteiger charge is -2.21. The van der Waals surface area contributed by atoms with Crippen molar-refractivity contribution in [1.29, 1.82) is 0 Å². The van der Waals surface area contributed by atoms with Crippen LogP contribution in [0.15, 0.2) is 18.2 Å². The van der Waals surface area contributed by atoms with Gasteiger partial charge in [0, 0.05) is 22.6 Å². The molecule has 0 radical (unpaired) electrons. The summed E-state index contributed by atoms with van der Waals surface area (Å²) in [5.74, 6) is 0.397. The molecular weight excluding hydrogens is 374 g/mol. The summed E-state index contributed by atoms with van der Waals surface area (Å²) < 4.78 is 9.64. The standard InChI is InChI=1S/C20H27N5O4/c1-11-17-13-9-8-12(23-20(27)29-3)10-16(13)24-15(19(26)28-2)7-5-4-6-14(21)18(22-11)25-17/h8-10,14-15,24H,4-7,21H2,1-3H3,(H,22,25)(H,23,27)/t14?,15-/m1/s1. The van der Waals surface area contributed by atoms with Crippen LogP contribution in [0.3, 0.4) is 0 Å². The summed E-state index contributed by atoms with van der Waals surface area (Å²) in [7, 11) is 2.67. The van der Waals surface area contributed by atoms with E-state index in [-0.39, 0.29) is 12.0 Å². The molecule has 1 unspecified atom stereocenters. The number of esters is 1. The van der Waals surface area contributed by atoms with Crippen LogP contribution < -0.4 is 16.4 Å². The molecule has 156 valence electrons. The molecule has 5 N–H and O–H groups in total. The minimum absolute atomic E-state index is 0.199. The van der Waals surface area contributed by atoms with Crippen LogP contribution in [0.2, 0.25) is 0 Å². The average Bonchev–Trinajstić information content (AvgIpc) is 3.10. The van der Waals surface area contributed by atoms with Crippen LogP contribution in [-0.2, 0) is 14.3 Å². The molecule has 0 saturated carbocycles. The predicted molar refractivity (Wildman–Crippen MR) is 110 cm³/mol. The molecule has 0 saturated heterocycles. The van der Waals surface area contributed by atoms with E-state index in [0.29, 0.717) is 17.8 Å². The largest absolute Gasteiger partial charge is 0.467 e. The molecule has 1 aliphatic rings. The van der Waals surface area contributed by atoms with Crippen molar-refractivity contribution < 1.29 is 19.1 Å². The van der Waals surface area contributed by atoms with E-state index in [4.69, 9.17) is 15.5 Å². The number of ether oxygens (including phenoxy) is 2. The van der Waals surface area contributed by atoms with Crippen LogP contribution in [0, 0.1) is 6.92 Å². The lowest BCUT2D eigenvalue weighted by molar-refractivity contribution is -0.141. The number of hydrogen-bond donors (Lipinski definition) is 4. The molecule has 3 rings (SSSR count). The van der Waals surface area contributed by atoms with E-state index in [1.54, 1.807) is 12.1 Å². The van der Waals surface area contributed by atoms with Crippen molar-refractivity contribution in [2.24, 2.45) is 5.73 Å². The molecular formula is C20H27N5O4. The number of methoxy groups -OCH3 is 2. The van der Waals surface area contributed by atoms with Gasteiger partial charge in [-0.05, 0) is 38.0 Å². The van der Waals surface area contributed by atoms with Crippen molar-refractivity contribution in [2.75, 3.05) is 24.9 Å². The zero-order valence-electron chi connectivity index (χ0n) is 16.9. The van der Waals surface area contributed by atoms with Gasteiger partial charge in [0.25, 0.3) is 0 Å². The van der Waals surface area contributed by atoms with E-state index >= 15 is 0 Å². The number of hydrogen-bond acceptors (Lipinski definition) is 7. The van der Waals surface area contributed by atoms with Crippen LogP contribution in [0.1, 0.15) is 43.2 Å². The summed E-state index contributed by atoms with van der Waals surface area (Å²) >= 11 is 0. The molecule has 1 aromatic heterocycles. The quantitative estimate of drug-likeness (QED) is 0.569. The normalized spacial score (nSPS) is 19.0. The molecule has 9 nitrogen and oxygen atoms in total. The number of benzene rings is 1. The molecule has 2 bridgehead atoms. The number of carbonyl (C=O) groups is 2. The number of amides is 1. The summed E-state index contributed by atoms with van der Waals surface area (Å²) in [5, 5.41) is 5.93. The highest BCUT2D eigenvalue weighted by Gasteiger charge is 2.24. The number of fused-ring (bicyclic) bond motifs is 4. The van der Waals surface area contributed by atoms with Crippen molar-refractivity contribution in [3.05, 3.63) is 29.7 Å².